The zero-order valence-electron chi connectivity index (χ0n) is 19.5. The van der Waals surface area contributed by atoms with Crippen molar-refractivity contribution in [3.05, 3.63) is 52.4 Å². The van der Waals surface area contributed by atoms with Crippen molar-refractivity contribution in [1.29, 1.82) is 0 Å². The van der Waals surface area contributed by atoms with Crippen molar-refractivity contribution in [2.24, 2.45) is 5.41 Å². The third-order valence-electron chi connectivity index (χ3n) is 6.11. The average molecular weight is 426 g/mol. The molecular weight excluding hydrogens is 390 g/mol. The first-order valence-electron chi connectivity index (χ1n) is 11.4. The summed E-state index contributed by atoms with van der Waals surface area (Å²) in [6.45, 7) is 11.2. The second-order valence-corrected chi connectivity index (χ2v) is 9.11. The van der Waals surface area contributed by atoms with Crippen LogP contribution in [0.2, 0.25) is 0 Å². The predicted octanol–water partition coefficient (Wildman–Crippen LogP) is 5.42. The van der Waals surface area contributed by atoms with Gasteiger partial charge in [-0.05, 0) is 49.0 Å². The van der Waals surface area contributed by atoms with Crippen LogP contribution in [0.5, 0.6) is 5.75 Å². The largest absolute Gasteiger partial charge is 0.494 e. The van der Waals surface area contributed by atoms with E-state index in [1.54, 1.807) is 0 Å². The van der Waals surface area contributed by atoms with Crippen LogP contribution in [0.4, 0.5) is 0 Å². The second-order valence-electron chi connectivity index (χ2n) is 9.11. The van der Waals surface area contributed by atoms with E-state index in [1.807, 2.05) is 38.1 Å². The van der Waals surface area contributed by atoms with Gasteiger partial charge in [0.15, 0.2) is 0 Å². The number of carbonyl (C=O) groups is 2. The van der Waals surface area contributed by atoms with Crippen LogP contribution < -0.4 is 10.1 Å². The molecule has 5 heteroatoms. The molecule has 168 valence electrons. The van der Waals surface area contributed by atoms with Crippen LogP contribution in [0.3, 0.4) is 0 Å². The van der Waals surface area contributed by atoms with Crippen molar-refractivity contribution in [2.45, 2.75) is 72.6 Å². The Labute approximate surface area is 185 Å². The minimum absolute atomic E-state index is 0.222. The number of ether oxygens (including phenoxy) is 2. The van der Waals surface area contributed by atoms with Gasteiger partial charge >= 0.3 is 5.97 Å². The van der Waals surface area contributed by atoms with Crippen molar-refractivity contribution in [2.75, 3.05) is 13.2 Å². The van der Waals surface area contributed by atoms with Crippen LogP contribution in [0.1, 0.15) is 78.2 Å². The SMILES string of the molecule is CCCCCOC(=O)C1=C(C)NC2=C(C1c1ccc(OCC)cc1)C(C)(C)CC(=O)C2. The Hall–Kier alpha value is -2.56. The Morgan fingerprint density at radius 3 is 2.52 bits per heavy atom. The zero-order valence-corrected chi connectivity index (χ0v) is 19.5. The van der Waals surface area contributed by atoms with Gasteiger partial charge in [0.2, 0.25) is 0 Å². The number of esters is 1. The highest BCUT2D eigenvalue weighted by molar-refractivity contribution is 5.94. The fourth-order valence-corrected chi connectivity index (χ4v) is 4.80. The molecule has 0 bridgehead atoms. The third-order valence-corrected chi connectivity index (χ3v) is 6.11. The fraction of sp³-hybridized carbons (Fsp3) is 0.538. The lowest BCUT2D eigenvalue weighted by molar-refractivity contribution is -0.139. The molecular formula is C26H35NO4. The summed E-state index contributed by atoms with van der Waals surface area (Å²) in [5.41, 5.74) is 4.11. The molecule has 2 aliphatic rings. The number of benzene rings is 1. The smallest absolute Gasteiger partial charge is 0.336 e. The fourth-order valence-electron chi connectivity index (χ4n) is 4.80. The number of ketones is 1. The second kappa shape index (κ2) is 9.71. The van der Waals surface area contributed by atoms with Crippen LogP contribution in [-0.2, 0) is 14.3 Å². The molecule has 0 radical (unpaired) electrons. The average Bonchev–Trinajstić information content (AvgIpc) is 2.70. The lowest BCUT2D eigenvalue weighted by Crippen LogP contribution is -2.39. The summed E-state index contributed by atoms with van der Waals surface area (Å²) >= 11 is 0. The molecule has 0 amide bonds. The van der Waals surface area contributed by atoms with Gasteiger partial charge in [0.05, 0.1) is 18.8 Å². The van der Waals surface area contributed by atoms with Crippen LogP contribution in [-0.4, -0.2) is 25.0 Å². The first-order chi connectivity index (χ1) is 14.8. The van der Waals surface area contributed by atoms with Gasteiger partial charge in [-0.2, -0.15) is 0 Å². The van der Waals surface area contributed by atoms with Crippen molar-refractivity contribution in [1.82, 2.24) is 5.32 Å². The lowest BCUT2D eigenvalue weighted by Gasteiger charge is -2.43. The Kier molecular flexibility index (Phi) is 7.24. The molecule has 0 spiro atoms. The molecule has 1 unspecified atom stereocenters. The summed E-state index contributed by atoms with van der Waals surface area (Å²) in [6.07, 6.45) is 3.83. The zero-order chi connectivity index (χ0) is 22.6. The summed E-state index contributed by atoms with van der Waals surface area (Å²) in [4.78, 5) is 25.7. The van der Waals surface area contributed by atoms with Crippen LogP contribution in [0, 0.1) is 5.41 Å². The molecule has 0 fully saturated rings. The van der Waals surface area contributed by atoms with E-state index in [4.69, 9.17) is 9.47 Å². The van der Waals surface area contributed by atoms with E-state index < -0.39 is 0 Å². The molecule has 3 rings (SSSR count). The van der Waals surface area contributed by atoms with Crippen LogP contribution in [0.15, 0.2) is 46.8 Å². The van der Waals surface area contributed by atoms with Gasteiger partial charge in [-0.15, -0.1) is 0 Å². The number of carbonyl (C=O) groups excluding carboxylic acids is 2. The Bertz CT molecular complexity index is 892. The molecule has 1 atom stereocenters. The minimum atomic E-state index is -0.352. The highest BCUT2D eigenvalue weighted by atomic mass is 16.5. The van der Waals surface area contributed by atoms with Crippen molar-refractivity contribution >= 4 is 11.8 Å². The first-order valence-corrected chi connectivity index (χ1v) is 11.4. The maximum atomic E-state index is 13.2. The number of rotatable bonds is 8. The molecule has 1 N–H and O–H groups in total. The molecule has 1 aromatic carbocycles. The maximum Gasteiger partial charge on any atom is 0.336 e. The topological polar surface area (TPSA) is 64.6 Å². The standard InChI is InChI=1S/C26H35NO4/c1-6-8-9-14-31-25(29)22-17(3)27-21-15-19(28)16-26(4,5)24(21)23(22)18-10-12-20(13-11-18)30-7-2/h10-13,23,27H,6-9,14-16H2,1-5H3. The van der Waals surface area contributed by atoms with E-state index in [9.17, 15) is 9.59 Å². The molecule has 0 saturated carbocycles. The molecule has 31 heavy (non-hydrogen) atoms. The maximum absolute atomic E-state index is 13.2. The lowest BCUT2D eigenvalue weighted by atomic mass is 9.64. The Morgan fingerprint density at radius 1 is 1.16 bits per heavy atom. The van der Waals surface area contributed by atoms with Gasteiger partial charge in [-0.3, -0.25) is 4.79 Å². The summed E-state index contributed by atoms with van der Waals surface area (Å²) in [5.74, 6) is 0.505. The van der Waals surface area contributed by atoms with E-state index >= 15 is 0 Å². The van der Waals surface area contributed by atoms with Gasteiger partial charge in [0.25, 0.3) is 0 Å². The number of unbranched alkanes of at least 4 members (excludes halogenated alkanes) is 2. The summed E-state index contributed by atoms with van der Waals surface area (Å²) in [5, 5.41) is 3.38. The van der Waals surface area contributed by atoms with Gasteiger partial charge in [0, 0.05) is 30.2 Å². The van der Waals surface area contributed by atoms with Gasteiger partial charge in [-0.1, -0.05) is 45.7 Å². The number of dihydropyridines is 1. The van der Waals surface area contributed by atoms with Gasteiger partial charge in [-0.25, -0.2) is 4.79 Å². The van der Waals surface area contributed by atoms with Gasteiger partial charge < -0.3 is 14.8 Å². The highest BCUT2D eigenvalue weighted by Crippen LogP contribution is 2.51. The van der Waals surface area contributed by atoms with E-state index in [1.165, 1.54) is 0 Å². The summed E-state index contributed by atoms with van der Waals surface area (Å²) in [6, 6.07) is 7.94. The van der Waals surface area contributed by atoms with E-state index in [0.29, 0.717) is 31.6 Å². The molecule has 1 aliphatic carbocycles. The molecule has 5 nitrogen and oxygen atoms in total. The summed E-state index contributed by atoms with van der Waals surface area (Å²) in [7, 11) is 0. The number of hydrogen-bond donors (Lipinski definition) is 1. The molecule has 1 aromatic rings. The van der Waals surface area contributed by atoms with Crippen molar-refractivity contribution in [3.8, 4) is 5.75 Å². The van der Waals surface area contributed by atoms with E-state index in [0.717, 1.165) is 47.5 Å². The predicted molar refractivity (Wildman–Crippen MR) is 122 cm³/mol. The summed E-state index contributed by atoms with van der Waals surface area (Å²) < 4.78 is 11.3. The first kappa shape index (κ1) is 23.1. The van der Waals surface area contributed by atoms with Crippen molar-refractivity contribution in [3.63, 3.8) is 0 Å². The Balaban J connectivity index is 2.03. The number of Topliss-reactive ketones (excluding diaryl/α,β-unsaturated/α-hetero) is 1. The third kappa shape index (κ3) is 5.03. The molecule has 0 aromatic heterocycles. The number of hydrogen-bond acceptors (Lipinski definition) is 5. The van der Waals surface area contributed by atoms with Crippen LogP contribution in [0.25, 0.3) is 0 Å². The minimum Gasteiger partial charge on any atom is -0.494 e. The number of nitrogens with one attached hydrogen (secondary N) is 1. The van der Waals surface area contributed by atoms with Crippen LogP contribution >= 0.6 is 0 Å². The van der Waals surface area contributed by atoms with E-state index in [2.05, 4.69) is 26.1 Å². The Morgan fingerprint density at radius 2 is 1.87 bits per heavy atom. The quantitative estimate of drug-likeness (QED) is 0.445. The highest BCUT2D eigenvalue weighted by Gasteiger charge is 2.44. The van der Waals surface area contributed by atoms with E-state index in [-0.39, 0.29) is 23.1 Å². The molecule has 1 heterocycles. The van der Waals surface area contributed by atoms with Crippen molar-refractivity contribution < 1.29 is 19.1 Å². The molecule has 0 saturated heterocycles. The molecule has 1 aliphatic heterocycles. The normalized spacial score (nSPS) is 20.3. The number of allylic oxidation sites excluding steroid dienone is 3. The van der Waals surface area contributed by atoms with Gasteiger partial charge in [0.1, 0.15) is 11.5 Å². The monoisotopic (exact) mass is 425 g/mol.